The summed E-state index contributed by atoms with van der Waals surface area (Å²) in [4.78, 5) is 20.8. The maximum Gasteiger partial charge on any atom is 0.232 e. The van der Waals surface area contributed by atoms with E-state index >= 15 is 0 Å². The van der Waals surface area contributed by atoms with Crippen LogP contribution in [0.4, 0.5) is 5.13 Å². The molecule has 0 aliphatic carbocycles. The summed E-state index contributed by atoms with van der Waals surface area (Å²) in [5, 5.41) is 12.6. The minimum Gasteiger partial charge on any atom is -0.302 e. The van der Waals surface area contributed by atoms with Gasteiger partial charge in [0.05, 0.1) is 17.8 Å². The third-order valence-corrected chi connectivity index (χ3v) is 5.96. The number of benzene rings is 1. The number of aromatic nitrogens is 4. The van der Waals surface area contributed by atoms with Gasteiger partial charge >= 0.3 is 0 Å². The molecule has 0 saturated heterocycles. The Morgan fingerprint density at radius 3 is 2.75 bits per heavy atom. The topological polar surface area (TPSA) is 72.7 Å². The van der Waals surface area contributed by atoms with Gasteiger partial charge in [-0.2, -0.15) is 5.10 Å². The van der Waals surface area contributed by atoms with E-state index in [1.54, 1.807) is 6.20 Å². The average Bonchev–Trinajstić information content (AvgIpc) is 3.41. The molecule has 3 heterocycles. The highest BCUT2D eigenvalue weighted by atomic mass is 32.1. The first kappa shape index (κ1) is 18.5. The van der Waals surface area contributed by atoms with Crippen LogP contribution in [0.2, 0.25) is 0 Å². The Kier molecular flexibility index (Phi) is 5.31. The molecule has 4 rings (SSSR count). The molecule has 0 spiro atoms. The average molecular weight is 410 g/mol. The highest BCUT2D eigenvalue weighted by molar-refractivity contribution is 7.13. The second kappa shape index (κ2) is 8.04. The summed E-state index contributed by atoms with van der Waals surface area (Å²) >= 11 is 2.89. The quantitative estimate of drug-likeness (QED) is 0.519. The fourth-order valence-electron chi connectivity index (χ4n) is 3.00. The Morgan fingerprint density at radius 2 is 2.00 bits per heavy atom. The first-order valence-corrected chi connectivity index (χ1v) is 10.6. The van der Waals surface area contributed by atoms with Crippen LogP contribution in [0.5, 0.6) is 0 Å². The predicted octanol–water partition coefficient (Wildman–Crippen LogP) is 4.17. The molecule has 0 saturated carbocycles. The Labute approximate surface area is 170 Å². The molecule has 0 aliphatic heterocycles. The van der Waals surface area contributed by atoms with Crippen LogP contribution in [0.3, 0.4) is 0 Å². The minimum atomic E-state index is -0.120. The number of anilines is 1. The van der Waals surface area contributed by atoms with E-state index in [-0.39, 0.29) is 12.3 Å². The zero-order valence-corrected chi connectivity index (χ0v) is 17.2. The fourth-order valence-corrected chi connectivity index (χ4v) is 4.38. The lowest BCUT2D eigenvalue weighted by Crippen LogP contribution is -2.14. The van der Waals surface area contributed by atoms with Crippen LogP contribution in [0, 0.1) is 13.8 Å². The summed E-state index contributed by atoms with van der Waals surface area (Å²) in [5.74, 6) is -0.120. The van der Waals surface area contributed by atoms with E-state index in [1.807, 2.05) is 40.6 Å². The SMILES string of the molecule is Cc1nn(-c2nc(CC(=O)Nc3nccs3)cs2)c(C)c1Cc1ccccc1. The van der Waals surface area contributed by atoms with Crippen molar-refractivity contribution in [1.82, 2.24) is 19.7 Å². The number of thiazole rings is 2. The fraction of sp³-hybridized carbons (Fsp3) is 0.200. The molecular weight excluding hydrogens is 390 g/mol. The molecule has 0 radical (unpaired) electrons. The molecule has 8 heteroatoms. The molecule has 3 aromatic heterocycles. The molecule has 4 aromatic rings. The molecule has 6 nitrogen and oxygen atoms in total. The lowest BCUT2D eigenvalue weighted by molar-refractivity contribution is -0.115. The maximum atomic E-state index is 12.2. The lowest BCUT2D eigenvalue weighted by Gasteiger charge is -2.03. The predicted molar refractivity (Wildman–Crippen MR) is 112 cm³/mol. The maximum absolute atomic E-state index is 12.2. The summed E-state index contributed by atoms with van der Waals surface area (Å²) in [7, 11) is 0. The molecule has 142 valence electrons. The van der Waals surface area contributed by atoms with Gasteiger partial charge in [0, 0.05) is 34.6 Å². The normalized spacial score (nSPS) is 10.9. The third kappa shape index (κ3) is 4.02. The number of carbonyl (C=O) groups is 1. The molecule has 28 heavy (non-hydrogen) atoms. The van der Waals surface area contributed by atoms with Gasteiger partial charge in [0.2, 0.25) is 11.0 Å². The molecule has 0 aliphatic rings. The molecule has 0 bridgehead atoms. The first-order chi connectivity index (χ1) is 13.6. The van der Waals surface area contributed by atoms with Crippen molar-refractivity contribution >= 4 is 33.7 Å². The van der Waals surface area contributed by atoms with Crippen molar-refractivity contribution in [2.24, 2.45) is 0 Å². The molecule has 0 fully saturated rings. The summed E-state index contributed by atoms with van der Waals surface area (Å²) in [5.41, 5.74) is 5.27. The van der Waals surface area contributed by atoms with E-state index in [9.17, 15) is 4.79 Å². The summed E-state index contributed by atoms with van der Waals surface area (Å²) < 4.78 is 1.88. The molecule has 1 aromatic carbocycles. The summed E-state index contributed by atoms with van der Waals surface area (Å²) in [6.45, 7) is 4.09. The van der Waals surface area contributed by atoms with E-state index in [4.69, 9.17) is 0 Å². The molecular formula is C20H19N5OS2. The number of nitrogens with zero attached hydrogens (tertiary/aromatic N) is 4. The third-order valence-electron chi connectivity index (χ3n) is 4.41. The first-order valence-electron chi connectivity index (χ1n) is 8.83. The van der Waals surface area contributed by atoms with Crippen molar-refractivity contribution in [1.29, 1.82) is 0 Å². The highest BCUT2D eigenvalue weighted by Gasteiger charge is 2.16. The minimum absolute atomic E-state index is 0.120. The second-order valence-corrected chi connectivity index (χ2v) is 8.14. The van der Waals surface area contributed by atoms with Crippen LogP contribution in [0.25, 0.3) is 5.13 Å². The summed E-state index contributed by atoms with van der Waals surface area (Å²) in [6, 6.07) is 10.4. The van der Waals surface area contributed by atoms with Gasteiger partial charge in [-0.3, -0.25) is 4.79 Å². The van der Waals surface area contributed by atoms with E-state index in [2.05, 4.69) is 39.4 Å². The monoisotopic (exact) mass is 409 g/mol. The largest absolute Gasteiger partial charge is 0.302 e. The second-order valence-electron chi connectivity index (χ2n) is 6.41. The van der Waals surface area contributed by atoms with Crippen molar-refractivity contribution in [3.8, 4) is 5.13 Å². The van der Waals surface area contributed by atoms with Crippen LogP contribution in [-0.2, 0) is 17.6 Å². The van der Waals surface area contributed by atoms with Crippen LogP contribution in [-0.4, -0.2) is 25.7 Å². The molecule has 1 N–H and O–H groups in total. The van der Waals surface area contributed by atoms with E-state index in [0.717, 1.165) is 28.6 Å². The number of rotatable bonds is 6. The van der Waals surface area contributed by atoms with Gasteiger partial charge in [0.25, 0.3) is 0 Å². The molecule has 0 atom stereocenters. The van der Waals surface area contributed by atoms with Gasteiger partial charge in [-0.05, 0) is 19.4 Å². The number of aryl methyl sites for hydroxylation is 1. The molecule has 1 amide bonds. The van der Waals surface area contributed by atoms with Gasteiger partial charge in [0.15, 0.2) is 5.13 Å². The van der Waals surface area contributed by atoms with Crippen LogP contribution in [0.15, 0.2) is 47.3 Å². The summed E-state index contributed by atoms with van der Waals surface area (Å²) in [6.07, 6.45) is 2.72. The van der Waals surface area contributed by atoms with Crippen LogP contribution < -0.4 is 5.32 Å². The zero-order valence-electron chi connectivity index (χ0n) is 15.5. The van der Waals surface area contributed by atoms with Gasteiger partial charge in [-0.15, -0.1) is 22.7 Å². The number of hydrogen-bond acceptors (Lipinski definition) is 6. The smallest absolute Gasteiger partial charge is 0.232 e. The number of nitrogens with one attached hydrogen (secondary N) is 1. The van der Waals surface area contributed by atoms with Gasteiger partial charge in [-0.25, -0.2) is 14.6 Å². The van der Waals surface area contributed by atoms with Crippen molar-refractivity contribution in [3.63, 3.8) is 0 Å². The van der Waals surface area contributed by atoms with Crippen LogP contribution >= 0.6 is 22.7 Å². The van der Waals surface area contributed by atoms with Crippen molar-refractivity contribution in [2.45, 2.75) is 26.7 Å². The Bertz CT molecular complexity index is 1080. The van der Waals surface area contributed by atoms with Gasteiger partial charge in [0.1, 0.15) is 0 Å². The number of hydrogen-bond donors (Lipinski definition) is 1. The molecule has 0 unspecified atom stereocenters. The Hall–Kier alpha value is -2.84. The van der Waals surface area contributed by atoms with Gasteiger partial charge in [-0.1, -0.05) is 30.3 Å². The van der Waals surface area contributed by atoms with Crippen LogP contribution in [0.1, 0.15) is 28.2 Å². The number of amides is 1. The number of carbonyl (C=O) groups excluding carboxylic acids is 1. The van der Waals surface area contributed by atoms with E-state index in [0.29, 0.717) is 5.13 Å². The Morgan fingerprint density at radius 1 is 1.18 bits per heavy atom. The van der Waals surface area contributed by atoms with Gasteiger partial charge < -0.3 is 5.32 Å². The lowest BCUT2D eigenvalue weighted by atomic mass is 10.0. The van der Waals surface area contributed by atoms with E-state index in [1.165, 1.54) is 33.8 Å². The highest BCUT2D eigenvalue weighted by Crippen LogP contribution is 2.23. The van der Waals surface area contributed by atoms with Crippen molar-refractivity contribution in [2.75, 3.05) is 5.32 Å². The van der Waals surface area contributed by atoms with E-state index < -0.39 is 0 Å². The standard InChI is InChI=1S/C20H19N5OS2/c1-13-17(10-15-6-4-3-5-7-15)14(2)25(24-13)20-22-16(12-28-20)11-18(26)23-19-21-8-9-27-19/h3-9,12H,10-11H2,1-2H3,(H,21,23,26). The van der Waals surface area contributed by atoms with Crippen molar-refractivity contribution < 1.29 is 4.79 Å². The zero-order chi connectivity index (χ0) is 19.5. The Balaban J connectivity index is 1.50. The van der Waals surface area contributed by atoms with Crippen molar-refractivity contribution in [3.05, 3.63) is 75.5 Å².